The highest BCUT2D eigenvalue weighted by atomic mass is 79.9. The molecular weight excluding hydrogens is 248 g/mol. The SMILES string of the molecule is CCCCCCCC(CBr)C1CCCC1. The topological polar surface area (TPSA) is 0 Å². The third-order valence-electron chi connectivity index (χ3n) is 3.94. The zero-order chi connectivity index (χ0) is 10.9. The highest BCUT2D eigenvalue weighted by Crippen LogP contribution is 2.35. The first-order valence-electron chi connectivity index (χ1n) is 6.94. The lowest BCUT2D eigenvalue weighted by molar-refractivity contribution is 0.341. The molecule has 1 saturated carbocycles. The normalized spacial score (nSPS) is 19.6. The first kappa shape index (κ1) is 13.5. The predicted octanol–water partition coefficient (Wildman–Crippen LogP) is 5.55. The average Bonchev–Trinajstić information content (AvgIpc) is 2.77. The van der Waals surface area contributed by atoms with E-state index >= 15 is 0 Å². The Hall–Kier alpha value is 0.480. The average molecular weight is 275 g/mol. The van der Waals surface area contributed by atoms with Crippen molar-refractivity contribution in [2.24, 2.45) is 11.8 Å². The molecule has 1 aliphatic carbocycles. The number of unbranched alkanes of at least 4 members (excludes halogenated alkanes) is 4. The molecule has 0 aliphatic heterocycles. The van der Waals surface area contributed by atoms with E-state index in [1.165, 1.54) is 69.5 Å². The van der Waals surface area contributed by atoms with Crippen LogP contribution in [0.1, 0.15) is 71.1 Å². The van der Waals surface area contributed by atoms with E-state index in [0.717, 1.165) is 11.8 Å². The summed E-state index contributed by atoms with van der Waals surface area (Å²) in [6, 6.07) is 0. The summed E-state index contributed by atoms with van der Waals surface area (Å²) in [6.07, 6.45) is 14.6. The van der Waals surface area contributed by atoms with Crippen molar-refractivity contribution in [3.05, 3.63) is 0 Å². The van der Waals surface area contributed by atoms with Crippen LogP contribution in [0.5, 0.6) is 0 Å². The predicted molar refractivity (Wildman–Crippen MR) is 72.6 cm³/mol. The van der Waals surface area contributed by atoms with Gasteiger partial charge in [-0.2, -0.15) is 0 Å². The maximum absolute atomic E-state index is 3.71. The van der Waals surface area contributed by atoms with Crippen molar-refractivity contribution >= 4 is 15.9 Å². The summed E-state index contributed by atoms with van der Waals surface area (Å²) in [5, 5.41) is 1.24. The first-order valence-corrected chi connectivity index (χ1v) is 8.06. The van der Waals surface area contributed by atoms with Gasteiger partial charge in [0.1, 0.15) is 0 Å². The second-order valence-electron chi connectivity index (χ2n) is 5.16. The van der Waals surface area contributed by atoms with Crippen LogP contribution < -0.4 is 0 Å². The lowest BCUT2D eigenvalue weighted by Gasteiger charge is -2.20. The largest absolute Gasteiger partial charge is 0.0925 e. The zero-order valence-corrected chi connectivity index (χ0v) is 11.9. The maximum Gasteiger partial charge on any atom is 0.00623 e. The van der Waals surface area contributed by atoms with Crippen molar-refractivity contribution in [3.63, 3.8) is 0 Å². The Bertz CT molecular complexity index is 138. The Kier molecular flexibility index (Phi) is 7.78. The fraction of sp³-hybridized carbons (Fsp3) is 1.00. The van der Waals surface area contributed by atoms with Gasteiger partial charge in [0, 0.05) is 5.33 Å². The van der Waals surface area contributed by atoms with Gasteiger partial charge in [-0.1, -0.05) is 80.6 Å². The monoisotopic (exact) mass is 274 g/mol. The van der Waals surface area contributed by atoms with Crippen LogP contribution in [-0.2, 0) is 0 Å². The van der Waals surface area contributed by atoms with Crippen LogP contribution in [0, 0.1) is 11.8 Å². The Morgan fingerprint density at radius 1 is 1.07 bits per heavy atom. The Morgan fingerprint density at radius 2 is 1.73 bits per heavy atom. The third-order valence-corrected chi connectivity index (χ3v) is 4.77. The minimum atomic E-state index is 0.981. The van der Waals surface area contributed by atoms with Crippen LogP contribution in [0.3, 0.4) is 0 Å². The molecule has 0 heterocycles. The van der Waals surface area contributed by atoms with Crippen molar-refractivity contribution < 1.29 is 0 Å². The van der Waals surface area contributed by atoms with Gasteiger partial charge in [-0.15, -0.1) is 0 Å². The molecule has 0 bridgehead atoms. The summed E-state index contributed by atoms with van der Waals surface area (Å²) < 4.78 is 0. The Morgan fingerprint density at radius 3 is 2.33 bits per heavy atom. The van der Waals surface area contributed by atoms with Gasteiger partial charge in [-0.3, -0.25) is 0 Å². The highest BCUT2D eigenvalue weighted by molar-refractivity contribution is 9.09. The number of rotatable bonds is 8. The second-order valence-corrected chi connectivity index (χ2v) is 5.81. The number of alkyl halides is 1. The van der Waals surface area contributed by atoms with E-state index in [0.29, 0.717) is 0 Å². The van der Waals surface area contributed by atoms with Gasteiger partial charge >= 0.3 is 0 Å². The zero-order valence-electron chi connectivity index (χ0n) is 10.3. The minimum absolute atomic E-state index is 0.981. The molecule has 15 heavy (non-hydrogen) atoms. The molecule has 90 valence electrons. The Balaban J connectivity index is 2.05. The van der Waals surface area contributed by atoms with E-state index in [1.807, 2.05) is 0 Å². The quantitative estimate of drug-likeness (QED) is 0.402. The molecule has 0 aromatic rings. The van der Waals surface area contributed by atoms with Gasteiger partial charge in [0.25, 0.3) is 0 Å². The van der Waals surface area contributed by atoms with Gasteiger partial charge in [0.2, 0.25) is 0 Å². The smallest absolute Gasteiger partial charge is 0.00623 e. The summed E-state index contributed by atoms with van der Waals surface area (Å²) in [4.78, 5) is 0. The van der Waals surface area contributed by atoms with E-state index in [4.69, 9.17) is 0 Å². The van der Waals surface area contributed by atoms with Crippen LogP contribution in [0.25, 0.3) is 0 Å². The van der Waals surface area contributed by atoms with Crippen molar-refractivity contribution in [2.45, 2.75) is 71.1 Å². The molecule has 0 saturated heterocycles. The number of hydrogen-bond acceptors (Lipinski definition) is 0. The van der Waals surface area contributed by atoms with Gasteiger partial charge in [-0.05, 0) is 18.3 Å². The molecule has 1 fully saturated rings. The molecule has 1 unspecified atom stereocenters. The lowest BCUT2D eigenvalue weighted by Crippen LogP contribution is -2.13. The molecule has 0 nitrogen and oxygen atoms in total. The minimum Gasteiger partial charge on any atom is -0.0925 e. The van der Waals surface area contributed by atoms with Crippen molar-refractivity contribution in [1.29, 1.82) is 0 Å². The van der Waals surface area contributed by atoms with Crippen LogP contribution >= 0.6 is 15.9 Å². The van der Waals surface area contributed by atoms with E-state index in [9.17, 15) is 0 Å². The fourth-order valence-electron chi connectivity index (χ4n) is 2.88. The standard InChI is InChI=1S/C14H27Br/c1-2-3-4-5-6-11-14(12-15)13-9-7-8-10-13/h13-14H,2-12H2,1H3. The summed E-state index contributed by atoms with van der Waals surface area (Å²) >= 11 is 3.71. The molecular formula is C14H27Br. The number of halogens is 1. The molecule has 0 amide bonds. The third kappa shape index (κ3) is 5.38. The van der Waals surface area contributed by atoms with E-state index in [2.05, 4.69) is 22.9 Å². The molecule has 0 aromatic carbocycles. The van der Waals surface area contributed by atoms with E-state index in [1.54, 1.807) is 0 Å². The second kappa shape index (κ2) is 8.61. The summed E-state index contributed by atoms with van der Waals surface area (Å²) in [7, 11) is 0. The van der Waals surface area contributed by atoms with Crippen LogP contribution in [0.2, 0.25) is 0 Å². The lowest BCUT2D eigenvalue weighted by atomic mass is 9.88. The number of hydrogen-bond donors (Lipinski definition) is 0. The molecule has 1 heteroatoms. The van der Waals surface area contributed by atoms with Gasteiger partial charge in [0.15, 0.2) is 0 Å². The van der Waals surface area contributed by atoms with E-state index < -0.39 is 0 Å². The molecule has 1 atom stereocenters. The van der Waals surface area contributed by atoms with Crippen LogP contribution in [-0.4, -0.2) is 5.33 Å². The molecule has 0 spiro atoms. The van der Waals surface area contributed by atoms with Crippen molar-refractivity contribution in [2.75, 3.05) is 5.33 Å². The summed E-state index contributed by atoms with van der Waals surface area (Å²) in [6.45, 7) is 2.29. The fourth-order valence-corrected chi connectivity index (χ4v) is 3.73. The first-order chi connectivity index (χ1) is 7.38. The molecule has 0 N–H and O–H groups in total. The van der Waals surface area contributed by atoms with Gasteiger partial charge < -0.3 is 0 Å². The van der Waals surface area contributed by atoms with Crippen molar-refractivity contribution in [1.82, 2.24) is 0 Å². The van der Waals surface area contributed by atoms with Gasteiger partial charge in [0.05, 0.1) is 0 Å². The van der Waals surface area contributed by atoms with Crippen molar-refractivity contribution in [3.8, 4) is 0 Å². The summed E-state index contributed by atoms with van der Waals surface area (Å²) in [5.41, 5.74) is 0. The Labute approximate surface area is 104 Å². The molecule has 1 aliphatic rings. The maximum atomic E-state index is 3.71. The van der Waals surface area contributed by atoms with Gasteiger partial charge in [-0.25, -0.2) is 0 Å². The van der Waals surface area contributed by atoms with Crippen LogP contribution in [0.15, 0.2) is 0 Å². The van der Waals surface area contributed by atoms with Crippen LogP contribution in [0.4, 0.5) is 0 Å². The highest BCUT2D eigenvalue weighted by Gasteiger charge is 2.23. The van der Waals surface area contributed by atoms with E-state index in [-0.39, 0.29) is 0 Å². The molecule has 1 rings (SSSR count). The summed E-state index contributed by atoms with van der Waals surface area (Å²) in [5.74, 6) is 2.03. The molecule has 0 aromatic heterocycles. The molecule has 0 radical (unpaired) electrons.